The molecule has 252 valence electrons. The highest BCUT2D eigenvalue weighted by atomic mass is 16.3. The number of carbonyl (C=O) groups excluding carboxylic acids is 2. The molecule has 1 heterocycles. The average molecular weight is 630 g/mol. The summed E-state index contributed by atoms with van der Waals surface area (Å²) in [5.41, 5.74) is 4.72. The standard InChI is InChI=1S/C15H17N.C9H20.C8H10O.C6H6O2.C3H6O/c1-11-5-6-15(9-14(15)7-11)13-4-2-3-12(8-13)10-16;1-4-7-9(6-3)8-5-2;1-6-3-4-7(2)8(9)5-6;1-5(7)6-3-2-4-8-6;1-3(2)4/h2-4,8,11,14H,5-7,9H2,1H3;9H,4-8H2,1-3H3;3-5,9H,1-2H3;2-4H,1H3;1-2H3. The van der Waals surface area contributed by atoms with Crippen LogP contribution in [0.1, 0.15) is 139 Å². The lowest BCUT2D eigenvalue weighted by atomic mass is 9.78. The van der Waals surface area contributed by atoms with Gasteiger partial charge in [0.25, 0.3) is 0 Å². The molecule has 0 radical (unpaired) electrons. The molecule has 2 aliphatic carbocycles. The largest absolute Gasteiger partial charge is 0.508 e. The van der Waals surface area contributed by atoms with Gasteiger partial charge in [-0.05, 0) is 124 Å². The number of carbonyl (C=O) groups is 2. The van der Waals surface area contributed by atoms with E-state index in [9.17, 15) is 9.59 Å². The van der Waals surface area contributed by atoms with Gasteiger partial charge >= 0.3 is 0 Å². The molecule has 2 aliphatic rings. The van der Waals surface area contributed by atoms with Gasteiger partial charge in [-0.25, -0.2) is 0 Å². The van der Waals surface area contributed by atoms with Gasteiger partial charge in [-0.15, -0.1) is 0 Å². The lowest BCUT2D eigenvalue weighted by Crippen LogP contribution is -2.18. The van der Waals surface area contributed by atoms with Crippen molar-refractivity contribution in [3.63, 3.8) is 0 Å². The summed E-state index contributed by atoms with van der Waals surface area (Å²) in [6, 6.07) is 19.5. The molecule has 3 atom stereocenters. The van der Waals surface area contributed by atoms with Crippen molar-refractivity contribution < 1.29 is 19.1 Å². The Morgan fingerprint density at radius 1 is 1.00 bits per heavy atom. The number of aromatic hydroxyl groups is 1. The third-order valence-corrected chi connectivity index (χ3v) is 8.77. The first kappa shape index (κ1) is 40.4. The lowest BCUT2D eigenvalue weighted by Gasteiger charge is -2.26. The molecule has 0 spiro atoms. The third-order valence-electron chi connectivity index (χ3n) is 8.77. The van der Waals surface area contributed by atoms with Crippen molar-refractivity contribution in [3.8, 4) is 11.8 Å². The number of benzene rings is 2. The maximum Gasteiger partial charge on any atom is 0.194 e. The number of nitrogens with zero attached hydrogens (tertiary/aromatic N) is 1. The van der Waals surface area contributed by atoms with Gasteiger partial charge in [-0.1, -0.05) is 84.1 Å². The van der Waals surface area contributed by atoms with E-state index in [4.69, 9.17) is 14.8 Å². The Balaban J connectivity index is 0.000000309. The maximum atomic E-state index is 10.4. The van der Waals surface area contributed by atoms with E-state index < -0.39 is 0 Å². The monoisotopic (exact) mass is 629 g/mol. The fourth-order valence-electron chi connectivity index (χ4n) is 6.07. The lowest BCUT2D eigenvalue weighted by molar-refractivity contribution is -0.115. The minimum atomic E-state index is -0.0324. The molecule has 2 fully saturated rings. The number of fused-ring (bicyclic) bond motifs is 1. The molecule has 0 saturated heterocycles. The molecule has 46 heavy (non-hydrogen) atoms. The second-order valence-electron chi connectivity index (χ2n) is 13.2. The fourth-order valence-corrected chi connectivity index (χ4v) is 6.07. The normalized spacial score (nSPS) is 18.7. The van der Waals surface area contributed by atoms with Crippen LogP contribution in [0.2, 0.25) is 0 Å². The molecule has 3 unspecified atom stereocenters. The number of rotatable bonds is 7. The smallest absolute Gasteiger partial charge is 0.194 e. The Bertz CT molecular complexity index is 1340. The molecule has 0 bridgehead atoms. The van der Waals surface area contributed by atoms with E-state index in [2.05, 4.69) is 45.9 Å². The van der Waals surface area contributed by atoms with Gasteiger partial charge in [0.2, 0.25) is 0 Å². The zero-order valence-electron chi connectivity index (χ0n) is 30.0. The summed E-state index contributed by atoms with van der Waals surface area (Å²) >= 11 is 0. The molecule has 5 heteroatoms. The highest BCUT2D eigenvalue weighted by Gasteiger charge is 2.56. The molecule has 5 nitrogen and oxygen atoms in total. The van der Waals surface area contributed by atoms with Crippen LogP contribution in [0.4, 0.5) is 0 Å². The van der Waals surface area contributed by atoms with Crippen molar-refractivity contribution in [2.45, 2.75) is 126 Å². The van der Waals surface area contributed by atoms with Crippen LogP contribution < -0.4 is 0 Å². The summed E-state index contributed by atoms with van der Waals surface area (Å²) in [6.45, 7) is 17.6. The Hall–Kier alpha value is -3.65. The van der Waals surface area contributed by atoms with Gasteiger partial charge in [0.05, 0.1) is 17.9 Å². The zero-order chi connectivity index (χ0) is 34.7. The first-order chi connectivity index (χ1) is 21.8. The number of aryl methyl sites for hydroxylation is 2. The fraction of sp³-hybridized carbons (Fsp3) is 0.537. The molecule has 0 amide bonds. The SMILES string of the molecule is CC(=O)c1ccco1.CC(C)=O.CC1CCC2(c3cccc(C#N)c3)CC2C1.CCCC(CC)CCC.Cc1ccc(C)c(O)c1. The highest BCUT2D eigenvalue weighted by molar-refractivity contribution is 5.91. The Morgan fingerprint density at radius 2 is 1.65 bits per heavy atom. The van der Waals surface area contributed by atoms with Crippen molar-refractivity contribution in [2.24, 2.45) is 17.8 Å². The van der Waals surface area contributed by atoms with Crippen molar-refractivity contribution >= 4 is 11.6 Å². The number of ketones is 2. The van der Waals surface area contributed by atoms with Gasteiger partial charge in [0, 0.05) is 6.92 Å². The van der Waals surface area contributed by atoms with Crippen LogP contribution in [-0.2, 0) is 10.2 Å². The first-order valence-corrected chi connectivity index (χ1v) is 17.1. The first-order valence-electron chi connectivity index (χ1n) is 17.1. The molecule has 3 aromatic rings. The van der Waals surface area contributed by atoms with Crippen LogP contribution in [0.15, 0.2) is 65.3 Å². The number of phenols is 1. The molecule has 2 saturated carbocycles. The van der Waals surface area contributed by atoms with Crippen LogP contribution in [0.25, 0.3) is 0 Å². The van der Waals surface area contributed by atoms with E-state index in [1.807, 2.05) is 38.1 Å². The van der Waals surface area contributed by atoms with Crippen molar-refractivity contribution in [1.82, 2.24) is 0 Å². The molecular weight excluding hydrogens is 570 g/mol. The molecule has 5 rings (SSSR count). The number of phenolic OH excluding ortho intramolecular Hbond substituents is 1. The van der Waals surface area contributed by atoms with E-state index in [1.165, 1.54) is 90.4 Å². The minimum Gasteiger partial charge on any atom is -0.508 e. The summed E-state index contributed by atoms with van der Waals surface area (Å²) in [5, 5.41) is 18.1. The predicted molar refractivity (Wildman–Crippen MR) is 190 cm³/mol. The average Bonchev–Trinajstić information content (AvgIpc) is 3.47. The van der Waals surface area contributed by atoms with E-state index in [-0.39, 0.29) is 11.6 Å². The summed E-state index contributed by atoms with van der Waals surface area (Å²) in [6.07, 6.45) is 13.9. The van der Waals surface area contributed by atoms with Gasteiger partial charge < -0.3 is 14.3 Å². The van der Waals surface area contributed by atoms with Gasteiger partial charge in [0.15, 0.2) is 11.5 Å². The number of hydrogen-bond acceptors (Lipinski definition) is 5. The van der Waals surface area contributed by atoms with E-state index in [1.54, 1.807) is 18.2 Å². The maximum absolute atomic E-state index is 10.4. The number of hydrogen-bond donors (Lipinski definition) is 1. The predicted octanol–water partition coefficient (Wildman–Crippen LogP) is 11.3. The van der Waals surface area contributed by atoms with E-state index in [0.29, 0.717) is 16.9 Å². The summed E-state index contributed by atoms with van der Waals surface area (Å²) < 4.78 is 4.75. The molecule has 0 aliphatic heterocycles. The summed E-state index contributed by atoms with van der Waals surface area (Å²) in [7, 11) is 0. The molecule has 1 aromatic heterocycles. The van der Waals surface area contributed by atoms with Gasteiger partial charge in [-0.2, -0.15) is 5.26 Å². The van der Waals surface area contributed by atoms with Crippen LogP contribution in [0.5, 0.6) is 5.75 Å². The van der Waals surface area contributed by atoms with Crippen molar-refractivity contribution in [2.75, 3.05) is 0 Å². The van der Waals surface area contributed by atoms with Crippen LogP contribution in [0, 0.1) is 42.9 Å². The Morgan fingerprint density at radius 3 is 2.09 bits per heavy atom. The van der Waals surface area contributed by atoms with Crippen LogP contribution >= 0.6 is 0 Å². The van der Waals surface area contributed by atoms with Gasteiger partial charge in [0.1, 0.15) is 11.5 Å². The topological polar surface area (TPSA) is 91.3 Å². The van der Waals surface area contributed by atoms with E-state index >= 15 is 0 Å². The quantitative estimate of drug-likeness (QED) is 0.263. The van der Waals surface area contributed by atoms with Crippen LogP contribution in [0.3, 0.4) is 0 Å². The highest BCUT2D eigenvalue weighted by Crippen LogP contribution is 2.63. The number of Topliss-reactive ketones (excluding diaryl/α,β-unsaturated/α-hetero) is 2. The Labute approximate surface area is 279 Å². The van der Waals surface area contributed by atoms with Crippen LogP contribution in [-0.4, -0.2) is 16.7 Å². The molecule has 1 N–H and O–H groups in total. The zero-order valence-corrected chi connectivity index (χ0v) is 30.0. The second-order valence-corrected chi connectivity index (χ2v) is 13.2. The number of nitriles is 1. The minimum absolute atomic E-state index is 0.0324. The van der Waals surface area contributed by atoms with E-state index in [0.717, 1.165) is 34.4 Å². The second kappa shape index (κ2) is 21.2. The van der Waals surface area contributed by atoms with Gasteiger partial charge in [-0.3, -0.25) is 4.79 Å². The summed E-state index contributed by atoms with van der Waals surface area (Å²) in [5.74, 6) is 3.75. The Kier molecular flexibility index (Phi) is 18.6. The third kappa shape index (κ3) is 14.6. The van der Waals surface area contributed by atoms with Crippen molar-refractivity contribution in [1.29, 1.82) is 5.26 Å². The molecule has 2 aromatic carbocycles. The summed E-state index contributed by atoms with van der Waals surface area (Å²) in [4.78, 5) is 19.9. The number of furan rings is 1. The van der Waals surface area contributed by atoms with Crippen molar-refractivity contribution in [3.05, 3.63) is 88.9 Å². The molecular formula is C41H59NO4.